The van der Waals surface area contributed by atoms with Crippen LogP contribution in [0.5, 0.6) is 0 Å². The molecule has 3 rings (SSSR count). The molecule has 2 aromatic rings. The molecule has 18 heavy (non-hydrogen) atoms. The van der Waals surface area contributed by atoms with Gasteiger partial charge in [0, 0.05) is 25.4 Å². The van der Waals surface area contributed by atoms with Gasteiger partial charge in [-0.25, -0.2) is 9.97 Å². The second kappa shape index (κ2) is 4.21. The summed E-state index contributed by atoms with van der Waals surface area (Å²) in [5, 5.41) is 0. The number of carbonyl (C=O) groups excluding carboxylic acids is 1. The van der Waals surface area contributed by atoms with E-state index in [1.54, 1.807) is 29.8 Å². The highest BCUT2D eigenvalue weighted by Crippen LogP contribution is 2.28. The van der Waals surface area contributed by atoms with Crippen LogP contribution in [0.25, 0.3) is 5.82 Å². The molecule has 3 heterocycles. The normalized spacial score (nSPS) is 18.5. The van der Waals surface area contributed by atoms with Crippen LogP contribution in [0, 0.1) is 0 Å². The van der Waals surface area contributed by atoms with E-state index in [4.69, 9.17) is 0 Å². The number of amides is 1. The quantitative estimate of drug-likeness (QED) is 0.730. The Bertz CT molecular complexity index is 565. The van der Waals surface area contributed by atoms with E-state index >= 15 is 0 Å². The summed E-state index contributed by atoms with van der Waals surface area (Å²) in [5.41, 5.74) is 2.06. The fraction of sp³-hybridized carbons (Fsp3) is 0.333. The first-order valence-corrected chi connectivity index (χ1v) is 5.85. The molecule has 6 heteroatoms. The molecule has 2 aromatic heterocycles. The van der Waals surface area contributed by atoms with Gasteiger partial charge >= 0.3 is 0 Å². The molecule has 6 nitrogen and oxygen atoms in total. The maximum Gasteiger partial charge on any atom is 0.210 e. The summed E-state index contributed by atoms with van der Waals surface area (Å²) in [4.78, 5) is 25.4. The fourth-order valence-electron chi connectivity index (χ4n) is 2.33. The molecule has 0 bridgehead atoms. The smallest absolute Gasteiger partial charge is 0.210 e. The van der Waals surface area contributed by atoms with Crippen molar-refractivity contribution in [3.63, 3.8) is 0 Å². The summed E-state index contributed by atoms with van der Waals surface area (Å²) in [6.07, 6.45) is 8.43. The zero-order chi connectivity index (χ0) is 12.5. The third-order valence-corrected chi connectivity index (χ3v) is 3.33. The highest BCUT2D eigenvalue weighted by molar-refractivity contribution is 5.50. The maximum absolute atomic E-state index is 10.9. The van der Waals surface area contributed by atoms with Crippen molar-refractivity contribution in [3.05, 3.63) is 36.3 Å². The Balaban J connectivity index is 2.05. The van der Waals surface area contributed by atoms with Crippen LogP contribution < -0.4 is 0 Å². The third kappa shape index (κ3) is 1.57. The van der Waals surface area contributed by atoms with Crippen molar-refractivity contribution in [3.8, 4) is 5.82 Å². The summed E-state index contributed by atoms with van der Waals surface area (Å²) in [6.45, 7) is 2.70. The first-order valence-electron chi connectivity index (χ1n) is 5.85. The van der Waals surface area contributed by atoms with E-state index < -0.39 is 0 Å². The van der Waals surface area contributed by atoms with E-state index in [1.807, 2.05) is 11.5 Å². The molecular formula is C12H13N5O. The first kappa shape index (κ1) is 10.9. The van der Waals surface area contributed by atoms with Crippen molar-refractivity contribution in [1.82, 2.24) is 24.4 Å². The average molecular weight is 243 g/mol. The molecule has 0 aromatic carbocycles. The SMILES string of the molecule is CC1c2ncn(-c3cnccn3)c2CCN1C=O. The Morgan fingerprint density at radius 2 is 2.28 bits per heavy atom. The van der Waals surface area contributed by atoms with Crippen molar-refractivity contribution in [2.24, 2.45) is 0 Å². The zero-order valence-electron chi connectivity index (χ0n) is 10.0. The van der Waals surface area contributed by atoms with Crippen molar-refractivity contribution < 1.29 is 4.79 Å². The van der Waals surface area contributed by atoms with E-state index in [1.165, 1.54) is 0 Å². The molecule has 1 aliphatic rings. The third-order valence-electron chi connectivity index (χ3n) is 3.33. The Hall–Kier alpha value is -2.24. The predicted molar refractivity (Wildman–Crippen MR) is 64.0 cm³/mol. The molecule has 0 saturated heterocycles. The van der Waals surface area contributed by atoms with Crippen LogP contribution in [0.2, 0.25) is 0 Å². The topological polar surface area (TPSA) is 63.9 Å². The molecule has 0 spiro atoms. The summed E-state index contributed by atoms with van der Waals surface area (Å²) < 4.78 is 1.95. The lowest BCUT2D eigenvalue weighted by atomic mass is 10.1. The van der Waals surface area contributed by atoms with Gasteiger partial charge < -0.3 is 4.90 Å². The van der Waals surface area contributed by atoms with Gasteiger partial charge in [0.15, 0.2) is 5.82 Å². The Morgan fingerprint density at radius 3 is 3.00 bits per heavy atom. The summed E-state index contributed by atoms with van der Waals surface area (Å²) in [7, 11) is 0. The van der Waals surface area contributed by atoms with Gasteiger partial charge in [-0.3, -0.25) is 14.3 Å². The molecule has 1 amide bonds. The highest BCUT2D eigenvalue weighted by Gasteiger charge is 2.27. The number of fused-ring (bicyclic) bond motifs is 1. The summed E-state index contributed by atoms with van der Waals surface area (Å²) in [6, 6.07) is 0.0178. The van der Waals surface area contributed by atoms with Crippen molar-refractivity contribution >= 4 is 6.41 Å². The second-order valence-corrected chi connectivity index (χ2v) is 4.28. The molecule has 0 aliphatic carbocycles. The Labute approximate surface area is 104 Å². The molecular weight excluding hydrogens is 230 g/mol. The van der Waals surface area contributed by atoms with Gasteiger partial charge in [-0.15, -0.1) is 0 Å². The highest BCUT2D eigenvalue weighted by atomic mass is 16.1. The lowest BCUT2D eigenvalue weighted by Gasteiger charge is -2.29. The minimum Gasteiger partial charge on any atom is -0.336 e. The lowest BCUT2D eigenvalue weighted by molar-refractivity contribution is -0.120. The van der Waals surface area contributed by atoms with Gasteiger partial charge in [0.05, 0.1) is 23.6 Å². The van der Waals surface area contributed by atoms with Crippen LogP contribution in [0.1, 0.15) is 24.4 Å². The molecule has 1 aliphatic heterocycles. The zero-order valence-corrected chi connectivity index (χ0v) is 10.0. The fourth-order valence-corrected chi connectivity index (χ4v) is 2.33. The number of hydrogen-bond donors (Lipinski definition) is 0. The van der Waals surface area contributed by atoms with Crippen molar-refractivity contribution in [1.29, 1.82) is 0 Å². The van der Waals surface area contributed by atoms with Crippen LogP contribution >= 0.6 is 0 Å². The minimum absolute atomic E-state index is 0.0178. The van der Waals surface area contributed by atoms with E-state index in [2.05, 4.69) is 15.0 Å². The van der Waals surface area contributed by atoms with Crippen LogP contribution in [0.3, 0.4) is 0 Å². The van der Waals surface area contributed by atoms with Gasteiger partial charge in [0.2, 0.25) is 6.41 Å². The van der Waals surface area contributed by atoms with Gasteiger partial charge in [-0.05, 0) is 6.92 Å². The van der Waals surface area contributed by atoms with E-state index in [-0.39, 0.29) is 6.04 Å². The van der Waals surface area contributed by atoms with Crippen molar-refractivity contribution in [2.45, 2.75) is 19.4 Å². The van der Waals surface area contributed by atoms with E-state index in [0.717, 1.165) is 30.0 Å². The van der Waals surface area contributed by atoms with Crippen LogP contribution in [0.15, 0.2) is 24.9 Å². The molecule has 0 saturated carbocycles. The largest absolute Gasteiger partial charge is 0.336 e. The molecule has 1 unspecified atom stereocenters. The number of aromatic nitrogens is 4. The molecule has 1 atom stereocenters. The monoisotopic (exact) mass is 243 g/mol. The molecule has 0 fully saturated rings. The standard InChI is InChI=1S/C12H13N5O/c1-9-12-10(2-5-16(9)8-18)17(7-15-12)11-6-13-3-4-14-11/h3-4,6-9H,2,5H2,1H3. The minimum atomic E-state index is 0.0178. The predicted octanol–water partition coefficient (Wildman–Crippen LogP) is 0.738. The number of imidazole rings is 1. The van der Waals surface area contributed by atoms with Crippen LogP contribution in [0.4, 0.5) is 0 Å². The number of nitrogens with zero attached hydrogens (tertiary/aromatic N) is 5. The summed E-state index contributed by atoms with van der Waals surface area (Å²) >= 11 is 0. The molecule has 0 N–H and O–H groups in total. The van der Waals surface area contributed by atoms with Crippen LogP contribution in [-0.4, -0.2) is 37.4 Å². The molecule has 92 valence electrons. The Morgan fingerprint density at radius 1 is 1.39 bits per heavy atom. The lowest BCUT2D eigenvalue weighted by Crippen LogP contribution is -2.33. The van der Waals surface area contributed by atoms with Crippen molar-refractivity contribution in [2.75, 3.05) is 6.54 Å². The number of hydrogen-bond acceptors (Lipinski definition) is 4. The van der Waals surface area contributed by atoms with E-state index in [9.17, 15) is 4.79 Å². The van der Waals surface area contributed by atoms with Gasteiger partial charge in [0.1, 0.15) is 6.33 Å². The average Bonchev–Trinajstić information content (AvgIpc) is 2.85. The summed E-state index contributed by atoms with van der Waals surface area (Å²) in [5.74, 6) is 0.762. The van der Waals surface area contributed by atoms with E-state index in [0.29, 0.717) is 6.54 Å². The molecule has 0 radical (unpaired) electrons. The van der Waals surface area contributed by atoms with Gasteiger partial charge in [0.25, 0.3) is 0 Å². The van der Waals surface area contributed by atoms with Gasteiger partial charge in [-0.2, -0.15) is 0 Å². The van der Waals surface area contributed by atoms with Gasteiger partial charge in [-0.1, -0.05) is 0 Å². The number of rotatable bonds is 2. The number of carbonyl (C=O) groups is 1. The Kier molecular flexibility index (Phi) is 2.55. The van der Waals surface area contributed by atoms with Crippen LogP contribution in [-0.2, 0) is 11.2 Å². The second-order valence-electron chi connectivity index (χ2n) is 4.28. The first-order chi connectivity index (χ1) is 8.81. The maximum atomic E-state index is 10.9.